The van der Waals surface area contributed by atoms with Gasteiger partial charge in [-0.1, -0.05) is 24.3 Å². The Morgan fingerprint density at radius 3 is 2.48 bits per heavy atom. The summed E-state index contributed by atoms with van der Waals surface area (Å²) in [5, 5.41) is 8.10. The number of pyridine rings is 1. The highest BCUT2D eigenvalue weighted by molar-refractivity contribution is 5.85. The molecule has 5 heteroatoms. The van der Waals surface area contributed by atoms with Gasteiger partial charge >= 0.3 is 0 Å². The predicted molar refractivity (Wildman–Crippen MR) is 98.1 cm³/mol. The molecule has 5 nitrogen and oxygen atoms in total. The molecule has 0 amide bonds. The number of rotatable bonds is 3. The smallest absolute Gasteiger partial charge is 0.252 e. The summed E-state index contributed by atoms with van der Waals surface area (Å²) in [6.45, 7) is 3.98. The van der Waals surface area contributed by atoms with E-state index in [1.807, 2.05) is 62.4 Å². The fraction of sp³-hybridized carbons (Fsp3) is 0.100. The lowest BCUT2D eigenvalue weighted by molar-refractivity contribution is 0.487. The number of aromatic nitrogens is 3. The van der Waals surface area contributed by atoms with E-state index >= 15 is 0 Å². The van der Waals surface area contributed by atoms with Gasteiger partial charge in [-0.05, 0) is 43.7 Å². The number of ether oxygens (including phenoxy) is 1. The van der Waals surface area contributed by atoms with Gasteiger partial charge in [-0.25, -0.2) is 0 Å². The first-order valence-electron chi connectivity index (χ1n) is 8.04. The van der Waals surface area contributed by atoms with Crippen molar-refractivity contribution in [3.63, 3.8) is 0 Å². The lowest BCUT2D eigenvalue weighted by Crippen LogP contribution is -2.04. The second-order valence-electron chi connectivity index (χ2n) is 5.98. The molecular formula is C20H17N3O2. The van der Waals surface area contributed by atoms with E-state index in [9.17, 15) is 4.79 Å². The monoisotopic (exact) mass is 331 g/mol. The Morgan fingerprint density at radius 2 is 1.76 bits per heavy atom. The van der Waals surface area contributed by atoms with E-state index in [1.165, 1.54) is 6.07 Å². The molecule has 0 unspecified atom stereocenters. The largest absolute Gasteiger partial charge is 0.456 e. The molecule has 0 aliphatic heterocycles. The van der Waals surface area contributed by atoms with Crippen LogP contribution in [-0.2, 0) is 0 Å². The Bertz CT molecular complexity index is 1090. The highest BCUT2D eigenvalue weighted by Crippen LogP contribution is 2.30. The van der Waals surface area contributed by atoms with Gasteiger partial charge in [0.15, 0.2) is 0 Å². The zero-order valence-corrected chi connectivity index (χ0v) is 14.0. The quantitative estimate of drug-likeness (QED) is 0.587. The van der Waals surface area contributed by atoms with E-state index in [4.69, 9.17) is 4.74 Å². The van der Waals surface area contributed by atoms with Crippen molar-refractivity contribution in [2.45, 2.75) is 13.8 Å². The first kappa shape index (κ1) is 15.2. The van der Waals surface area contributed by atoms with Crippen LogP contribution in [0.1, 0.15) is 11.4 Å². The molecule has 4 aromatic rings. The van der Waals surface area contributed by atoms with Gasteiger partial charge in [0.1, 0.15) is 11.5 Å². The first-order chi connectivity index (χ1) is 12.1. The van der Waals surface area contributed by atoms with E-state index in [0.29, 0.717) is 11.5 Å². The number of nitrogens with zero attached hydrogens (tertiary/aromatic N) is 1. The maximum absolute atomic E-state index is 11.8. The minimum Gasteiger partial charge on any atom is -0.456 e. The summed E-state index contributed by atoms with van der Waals surface area (Å²) in [7, 11) is 0. The Balaban J connectivity index is 1.70. The summed E-state index contributed by atoms with van der Waals surface area (Å²) in [5.74, 6) is 1.22. The van der Waals surface area contributed by atoms with Gasteiger partial charge in [-0.3, -0.25) is 9.89 Å². The average Bonchev–Trinajstić information content (AvgIpc) is 2.94. The lowest BCUT2D eigenvalue weighted by atomic mass is 10.0. The number of benzene rings is 2. The maximum atomic E-state index is 11.8. The van der Waals surface area contributed by atoms with Crippen molar-refractivity contribution in [3.8, 4) is 22.6 Å². The fourth-order valence-corrected chi connectivity index (χ4v) is 3.05. The SMILES string of the molecule is Cc1n[nH]c(C)c1-c1ccc(Oc2cc(=O)[nH]c3ccccc23)cc1. The Morgan fingerprint density at radius 1 is 1.00 bits per heavy atom. The predicted octanol–water partition coefficient (Wildman–Crippen LogP) is 4.33. The maximum Gasteiger partial charge on any atom is 0.252 e. The molecule has 0 radical (unpaired) electrons. The molecule has 0 atom stereocenters. The van der Waals surface area contributed by atoms with Crippen LogP contribution >= 0.6 is 0 Å². The Hall–Kier alpha value is -3.34. The van der Waals surface area contributed by atoms with Crippen LogP contribution in [0.3, 0.4) is 0 Å². The normalized spacial score (nSPS) is 11.0. The molecule has 25 heavy (non-hydrogen) atoms. The van der Waals surface area contributed by atoms with Crippen LogP contribution in [0.4, 0.5) is 0 Å². The number of aryl methyl sites for hydroxylation is 2. The molecule has 124 valence electrons. The molecule has 2 aromatic heterocycles. The summed E-state index contributed by atoms with van der Waals surface area (Å²) >= 11 is 0. The summed E-state index contributed by atoms with van der Waals surface area (Å²) in [6, 6.07) is 16.8. The van der Waals surface area contributed by atoms with Crippen molar-refractivity contribution in [1.82, 2.24) is 15.2 Å². The molecule has 0 aliphatic rings. The van der Waals surface area contributed by atoms with Crippen LogP contribution < -0.4 is 10.3 Å². The third-order valence-corrected chi connectivity index (χ3v) is 4.21. The second-order valence-corrected chi connectivity index (χ2v) is 5.98. The third-order valence-electron chi connectivity index (χ3n) is 4.21. The second kappa shape index (κ2) is 5.94. The van der Waals surface area contributed by atoms with Crippen LogP contribution in [0.25, 0.3) is 22.0 Å². The first-order valence-corrected chi connectivity index (χ1v) is 8.04. The van der Waals surface area contributed by atoms with Crippen LogP contribution in [-0.4, -0.2) is 15.2 Å². The number of fused-ring (bicyclic) bond motifs is 1. The minimum absolute atomic E-state index is 0.185. The highest BCUT2D eigenvalue weighted by Gasteiger charge is 2.10. The van der Waals surface area contributed by atoms with Crippen molar-refractivity contribution < 1.29 is 4.74 Å². The van der Waals surface area contributed by atoms with Crippen LogP contribution in [0.15, 0.2) is 59.4 Å². The average molecular weight is 331 g/mol. The van der Waals surface area contributed by atoms with Crippen LogP contribution in [0.5, 0.6) is 11.5 Å². The standard InChI is InChI=1S/C20H17N3O2/c1-12-20(13(2)23-22-12)14-7-9-15(10-8-14)25-18-11-19(24)21-17-6-4-3-5-16(17)18/h3-11H,1-2H3,(H,21,24)(H,22,23). The van der Waals surface area contributed by atoms with Crippen molar-refractivity contribution >= 4 is 10.9 Å². The summed E-state index contributed by atoms with van der Waals surface area (Å²) in [5.41, 5.74) is 4.75. The summed E-state index contributed by atoms with van der Waals surface area (Å²) in [4.78, 5) is 14.6. The fourth-order valence-electron chi connectivity index (χ4n) is 3.05. The molecule has 0 saturated carbocycles. The zero-order chi connectivity index (χ0) is 17.4. The number of hydrogen-bond donors (Lipinski definition) is 2. The Labute approximate surface area is 144 Å². The number of aromatic amines is 2. The molecular weight excluding hydrogens is 314 g/mol. The molecule has 2 N–H and O–H groups in total. The third kappa shape index (κ3) is 2.80. The van der Waals surface area contributed by atoms with Crippen molar-refractivity contribution in [2.24, 2.45) is 0 Å². The highest BCUT2D eigenvalue weighted by atomic mass is 16.5. The topological polar surface area (TPSA) is 70.8 Å². The minimum atomic E-state index is -0.185. The molecule has 0 saturated heterocycles. The zero-order valence-electron chi connectivity index (χ0n) is 14.0. The number of hydrogen-bond acceptors (Lipinski definition) is 3. The van der Waals surface area contributed by atoms with Crippen LogP contribution in [0.2, 0.25) is 0 Å². The number of H-pyrrole nitrogens is 2. The van der Waals surface area contributed by atoms with Crippen LogP contribution in [0, 0.1) is 13.8 Å². The molecule has 2 aromatic carbocycles. The van der Waals surface area contributed by atoms with E-state index < -0.39 is 0 Å². The van der Waals surface area contributed by atoms with Gasteiger partial charge in [0, 0.05) is 22.7 Å². The molecule has 0 fully saturated rings. The summed E-state index contributed by atoms with van der Waals surface area (Å²) < 4.78 is 5.96. The molecule has 0 spiro atoms. The molecule has 2 heterocycles. The van der Waals surface area contributed by atoms with Gasteiger partial charge < -0.3 is 9.72 Å². The summed E-state index contributed by atoms with van der Waals surface area (Å²) in [6.07, 6.45) is 0. The number of nitrogens with one attached hydrogen (secondary N) is 2. The molecule has 0 bridgehead atoms. The van der Waals surface area contributed by atoms with Crippen molar-refractivity contribution in [3.05, 3.63) is 76.3 Å². The Kier molecular flexibility index (Phi) is 3.61. The molecule has 0 aliphatic carbocycles. The molecule has 4 rings (SSSR count). The van der Waals surface area contributed by atoms with E-state index in [0.717, 1.165) is 33.4 Å². The van der Waals surface area contributed by atoms with Gasteiger partial charge in [-0.2, -0.15) is 5.10 Å². The van der Waals surface area contributed by atoms with E-state index in [1.54, 1.807) is 0 Å². The van der Waals surface area contributed by atoms with Gasteiger partial charge in [0.25, 0.3) is 5.56 Å². The van der Waals surface area contributed by atoms with E-state index in [-0.39, 0.29) is 5.56 Å². The van der Waals surface area contributed by atoms with Gasteiger partial charge in [-0.15, -0.1) is 0 Å². The van der Waals surface area contributed by atoms with E-state index in [2.05, 4.69) is 15.2 Å². The van der Waals surface area contributed by atoms with Gasteiger partial charge in [0.2, 0.25) is 0 Å². The van der Waals surface area contributed by atoms with Crippen molar-refractivity contribution in [1.29, 1.82) is 0 Å². The lowest BCUT2D eigenvalue weighted by Gasteiger charge is -2.09. The van der Waals surface area contributed by atoms with Gasteiger partial charge in [0.05, 0.1) is 11.2 Å². The number of para-hydroxylation sites is 1. The van der Waals surface area contributed by atoms with Crippen molar-refractivity contribution in [2.75, 3.05) is 0 Å².